The average molecular weight is 393 g/mol. The van der Waals surface area contributed by atoms with Gasteiger partial charge in [-0.2, -0.15) is 0 Å². The number of amides is 1. The molecule has 0 unspecified atom stereocenters. The third-order valence-corrected chi connectivity index (χ3v) is 4.69. The number of benzene rings is 1. The van der Waals surface area contributed by atoms with Gasteiger partial charge in [0.1, 0.15) is 0 Å². The van der Waals surface area contributed by atoms with Gasteiger partial charge < -0.3 is 20.5 Å². The molecule has 128 valence electrons. The monoisotopic (exact) mass is 392 g/mol. The average Bonchev–Trinajstić information content (AvgIpc) is 2.59. The molecular formula is C17H21BrN4O2. The van der Waals surface area contributed by atoms with Gasteiger partial charge in [0.05, 0.1) is 5.56 Å². The molecule has 2 aromatic rings. The highest BCUT2D eigenvalue weighted by Gasteiger charge is 2.13. The summed E-state index contributed by atoms with van der Waals surface area (Å²) < 4.78 is 0.870. The molecule has 0 saturated carbocycles. The van der Waals surface area contributed by atoms with Crippen LogP contribution >= 0.6 is 15.9 Å². The van der Waals surface area contributed by atoms with Crippen molar-refractivity contribution in [2.75, 3.05) is 39.3 Å². The lowest BCUT2D eigenvalue weighted by atomic mass is 10.1. The molecule has 1 fully saturated rings. The quantitative estimate of drug-likeness (QED) is 0.670. The fraction of sp³-hybridized carbons (Fsp3) is 0.412. The number of halogens is 1. The van der Waals surface area contributed by atoms with E-state index in [0.717, 1.165) is 49.0 Å². The number of rotatable bonds is 5. The topological polar surface area (TPSA) is 77.2 Å². The molecule has 0 radical (unpaired) electrons. The van der Waals surface area contributed by atoms with Crippen LogP contribution in [0.2, 0.25) is 0 Å². The molecule has 1 aromatic carbocycles. The molecule has 1 aromatic heterocycles. The molecule has 0 atom stereocenters. The summed E-state index contributed by atoms with van der Waals surface area (Å²) in [6.07, 6.45) is 0.899. The Labute approximate surface area is 148 Å². The van der Waals surface area contributed by atoms with Crippen LogP contribution in [0.15, 0.2) is 33.5 Å². The van der Waals surface area contributed by atoms with E-state index in [1.165, 1.54) is 6.07 Å². The van der Waals surface area contributed by atoms with Crippen molar-refractivity contribution in [2.45, 2.75) is 6.42 Å². The predicted octanol–water partition coefficient (Wildman–Crippen LogP) is 1.32. The molecule has 1 saturated heterocycles. The van der Waals surface area contributed by atoms with Crippen molar-refractivity contribution in [3.63, 3.8) is 0 Å². The van der Waals surface area contributed by atoms with Crippen molar-refractivity contribution in [2.24, 2.45) is 0 Å². The van der Waals surface area contributed by atoms with Gasteiger partial charge in [-0.05, 0) is 31.2 Å². The normalized spacial score (nSPS) is 15.5. The summed E-state index contributed by atoms with van der Waals surface area (Å²) >= 11 is 3.41. The molecule has 1 aliphatic rings. The molecule has 7 heteroatoms. The first-order valence-corrected chi connectivity index (χ1v) is 8.96. The van der Waals surface area contributed by atoms with E-state index in [-0.39, 0.29) is 11.5 Å². The largest absolute Gasteiger partial charge is 0.352 e. The molecule has 1 amide bonds. The zero-order valence-electron chi connectivity index (χ0n) is 13.4. The van der Waals surface area contributed by atoms with Crippen LogP contribution in [0.3, 0.4) is 0 Å². The first kappa shape index (κ1) is 17.1. The summed E-state index contributed by atoms with van der Waals surface area (Å²) in [4.78, 5) is 29.4. The van der Waals surface area contributed by atoms with Crippen LogP contribution in [0.4, 0.5) is 0 Å². The van der Waals surface area contributed by atoms with Gasteiger partial charge in [-0.25, -0.2) is 0 Å². The fourth-order valence-electron chi connectivity index (χ4n) is 2.95. The minimum atomic E-state index is -0.268. The number of carbonyl (C=O) groups is 1. The van der Waals surface area contributed by atoms with Crippen LogP contribution in [0.5, 0.6) is 0 Å². The second kappa shape index (κ2) is 7.92. The molecule has 1 aliphatic heterocycles. The Bertz CT molecular complexity index is 784. The first-order valence-electron chi connectivity index (χ1n) is 8.17. The van der Waals surface area contributed by atoms with Crippen LogP contribution in [0, 0.1) is 0 Å². The van der Waals surface area contributed by atoms with Crippen LogP contribution < -0.4 is 16.2 Å². The first-order chi connectivity index (χ1) is 11.6. The number of hydrogen-bond donors (Lipinski definition) is 3. The van der Waals surface area contributed by atoms with Crippen LogP contribution in [-0.4, -0.2) is 55.1 Å². The fourth-order valence-corrected chi connectivity index (χ4v) is 3.31. The molecule has 3 rings (SSSR count). The Morgan fingerprint density at radius 2 is 2.04 bits per heavy atom. The summed E-state index contributed by atoms with van der Waals surface area (Å²) in [5.41, 5.74) is 0.810. The van der Waals surface area contributed by atoms with Gasteiger partial charge in [-0.1, -0.05) is 15.9 Å². The maximum absolute atomic E-state index is 12.5. The van der Waals surface area contributed by atoms with Gasteiger partial charge >= 0.3 is 0 Å². The number of nitrogens with one attached hydrogen (secondary N) is 3. The molecule has 24 heavy (non-hydrogen) atoms. The Balaban J connectivity index is 1.63. The number of carbonyl (C=O) groups excluding carboxylic acids is 1. The number of fused-ring (bicyclic) bond motifs is 1. The summed E-state index contributed by atoms with van der Waals surface area (Å²) in [7, 11) is 0. The number of piperazine rings is 1. The van der Waals surface area contributed by atoms with E-state index in [1.807, 2.05) is 12.1 Å². The summed E-state index contributed by atoms with van der Waals surface area (Å²) in [5.74, 6) is -0.204. The lowest BCUT2D eigenvalue weighted by Crippen LogP contribution is -2.44. The third-order valence-electron chi connectivity index (χ3n) is 4.20. The van der Waals surface area contributed by atoms with E-state index in [9.17, 15) is 9.59 Å². The Hall–Kier alpha value is -1.70. The SMILES string of the molecule is O=C(NCCCN1CCNCC1)c1cc(=O)[nH]c2ccc(Br)cc12. The second-order valence-corrected chi connectivity index (χ2v) is 6.85. The number of aromatic amines is 1. The number of nitrogens with zero attached hydrogens (tertiary/aromatic N) is 1. The number of H-pyrrole nitrogens is 1. The van der Waals surface area contributed by atoms with Gasteiger partial charge in [0, 0.05) is 54.2 Å². The van der Waals surface area contributed by atoms with Crippen molar-refractivity contribution < 1.29 is 4.79 Å². The van der Waals surface area contributed by atoms with E-state index >= 15 is 0 Å². The lowest BCUT2D eigenvalue weighted by molar-refractivity contribution is 0.0952. The van der Waals surface area contributed by atoms with Crippen molar-refractivity contribution in [1.29, 1.82) is 0 Å². The van der Waals surface area contributed by atoms with Crippen molar-refractivity contribution in [3.05, 3.63) is 44.7 Å². The summed E-state index contributed by atoms with van der Waals surface area (Å²) in [6, 6.07) is 6.84. The second-order valence-electron chi connectivity index (χ2n) is 5.94. The zero-order chi connectivity index (χ0) is 16.9. The zero-order valence-corrected chi connectivity index (χ0v) is 15.0. The Kier molecular flexibility index (Phi) is 5.65. The maximum Gasteiger partial charge on any atom is 0.252 e. The maximum atomic E-state index is 12.5. The Morgan fingerprint density at radius 3 is 2.83 bits per heavy atom. The number of aromatic nitrogens is 1. The molecule has 0 bridgehead atoms. The van der Waals surface area contributed by atoms with E-state index < -0.39 is 0 Å². The summed E-state index contributed by atoms with van der Waals surface area (Å²) in [5, 5.41) is 6.99. The van der Waals surface area contributed by atoms with E-state index in [1.54, 1.807) is 6.07 Å². The van der Waals surface area contributed by atoms with Crippen LogP contribution in [0.1, 0.15) is 16.8 Å². The van der Waals surface area contributed by atoms with E-state index in [4.69, 9.17) is 0 Å². The van der Waals surface area contributed by atoms with Crippen LogP contribution in [-0.2, 0) is 0 Å². The van der Waals surface area contributed by atoms with Crippen LogP contribution in [0.25, 0.3) is 10.9 Å². The van der Waals surface area contributed by atoms with Gasteiger partial charge in [0.2, 0.25) is 5.56 Å². The number of pyridine rings is 1. The molecule has 3 N–H and O–H groups in total. The summed E-state index contributed by atoms with van der Waals surface area (Å²) in [6.45, 7) is 5.75. The highest BCUT2D eigenvalue weighted by molar-refractivity contribution is 9.10. The van der Waals surface area contributed by atoms with Gasteiger partial charge in [-0.3, -0.25) is 9.59 Å². The molecule has 6 nitrogen and oxygen atoms in total. The van der Waals surface area contributed by atoms with Crippen molar-refractivity contribution in [1.82, 2.24) is 20.5 Å². The lowest BCUT2D eigenvalue weighted by Gasteiger charge is -2.27. The van der Waals surface area contributed by atoms with E-state index in [2.05, 4.69) is 36.4 Å². The minimum Gasteiger partial charge on any atom is -0.352 e. The minimum absolute atomic E-state index is 0.204. The Morgan fingerprint density at radius 1 is 1.25 bits per heavy atom. The third kappa shape index (κ3) is 4.23. The van der Waals surface area contributed by atoms with Gasteiger partial charge in [0.15, 0.2) is 0 Å². The molecule has 0 spiro atoms. The van der Waals surface area contributed by atoms with E-state index in [0.29, 0.717) is 17.6 Å². The number of hydrogen-bond acceptors (Lipinski definition) is 4. The van der Waals surface area contributed by atoms with Crippen molar-refractivity contribution >= 4 is 32.7 Å². The molecule has 0 aliphatic carbocycles. The van der Waals surface area contributed by atoms with Crippen molar-refractivity contribution in [3.8, 4) is 0 Å². The smallest absolute Gasteiger partial charge is 0.252 e. The molecular weight excluding hydrogens is 372 g/mol. The predicted molar refractivity (Wildman–Crippen MR) is 98.5 cm³/mol. The standard InChI is InChI=1S/C17H21BrN4O2/c18-12-2-3-15-13(10-12)14(11-16(23)21-15)17(24)20-4-1-7-22-8-5-19-6-9-22/h2-3,10-11,19H,1,4-9H2,(H,20,24)(H,21,23). The van der Waals surface area contributed by atoms with Gasteiger partial charge in [0.25, 0.3) is 5.91 Å². The van der Waals surface area contributed by atoms with Gasteiger partial charge in [-0.15, -0.1) is 0 Å². The molecule has 2 heterocycles. The highest BCUT2D eigenvalue weighted by atomic mass is 79.9. The highest BCUT2D eigenvalue weighted by Crippen LogP contribution is 2.20.